The first-order chi connectivity index (χ1) is 9.27. The van der Waals surface area contributed by atoms with Gasteiger partial charge in [0.15, 0.2) is 0 Å². The summed E-state index contributed by atoms with van der Waals surface area (Å²) >= 11 is 7.23. The molecule has 0 spiro atoms. The van der Waals surface area contributed by atoms with Gasteiger partial charge in [-0.2, -0.15) is 24.9 Å². The van der Waals surface area contributed by atoms with Gasteiger partial charge in [-0.25, -0.2) is 0 Å². The van der Waals surface area contributed by atoms with Gasteiger partial charge in [0.1, 0.15) is 0 Å². The lowest BCUT2D eigenvalue weighted by molar-refractivity contribution is -0.137. The lowest BCUT2D eigenvalue weighted by Gasteiger charge is -2.17. The molecule has 0 aliphatic heterocycles. The molecule has 0 aliphatic carbocycles. The van der Waals surface area contributed by atoms with Gasteiger partial charge in [-0.3, -0.25) is 4.79 Å². The quantitative estimate of drug-likeness (QED) is 0.872. The van der Waals surface area contributed by atoms with Crippen LogP contribution in [0.4, 0.5) is 18.9 Å². The van der Waals surface area contributed by atoms with Crippen LogP contribution in [-0.2, 0) is 11.0 Å². The minimum atomic E-state index is -4.60. The molecule has 0 saturated heterocycles. The van der Waals surface area contributed by atoms with E-state index in [1.165, 1.54) is 23.9 Å². The molecule has 3 nitrogen and oxygen atoms in total. The van der Waals surface area contributed by atoms with Crippen LogP contribution in [0.15, 0.2) is 18.2 Å². The van der Waals surface area contributed by atoms with E-state index in [9.17, 15) is 18.0 Å². The largest absolute Gasteiger partial charge is 0.418 e. The number of alkyl halides is 3. The van der Waals surface area contributed by atoms with Gasteiger partial charge in [-0.1, -0.05) is 17.7 Å². The number of amides is 1. The number of halogens is 4. The van der Waals surface area contributed by atoms with Crippen molar-refractivity contribution in [2.45, 2.75) is 18.6 Å². The Balaban J connectivity index is 2.94. The molecule has 1 atom stereocenters. The summed E-state index contributed by atoms with van der Waals surface area (Å²) in [5.74, 6) is -0.0406. The van der Waals surface area contributed by atoms with Crippen molar-refractivity contribution in [3.05, 3.63) is 28.8 Å². The van der Waals surface area contributed by atoms with Crippen molar-refractivity contribution in [3.63, 3.8) is 0 Å². The molecule has 0 bridgehead atoms. The molecule has 0 saturated carbocycles. The van der Waals surface area contributed by atoms with Gasteiger partial charge >= 0.3 is 6.18 Å². The summed E-state index contributed by atoms with van der Waals surface area (Å²) in [6.07, 6.45) is -2.38. The number of thioether (sulfide) groups is 1. The first-order valence-electron chi connectivity index (χ1n) is 5.68. The fraction of sp³-hybridized carbons (Fsp3) is 0.417. The minimum Gasteiger partial charge on any atom is -0.323 e. The van der Waals surface area contributed by atoms with E-state index in [0.29, 0.717) is 12.2 Å². The van der Waals surface area contributed by atoms with E-state index in [2.05, 4.69) is 5.32 Å². The molecule has 8 heteroatoms. The molecule has 1 aromatic carbocycles. The highest BCUT2D eigenvalue weighted by molar-refractivity contribution is 7.98. The second kappa shape index (κ2) is 7.19. The van der Waals surface area contributed by atoms with E-state index in [-0.39, 0.29) is 5.02 Å². The monoisotopic (exact) mass is 326 g/mol. The van der Waals surface area contributed by atoms with Gasteiger partial charge < -0.3 is 11.1 Å². The Bertz CT molecular complexity index is 482. The number of carbonyl (C=O) groups is 1. The van der Waals surface area contributed by atoms with Crippen molar-refractivity contribution in [1.29, 1.82) is 0 Å². The van der Waals surface area contributed by atoms with Crippen LogP contribution in [-0.4, -0.2) is 24.0 Å². The van der Waals surface area contributed by atoms with Crippen LogP contribution in [0.25, 0.3) is 0 Å². The summed E-state index contributed by atoms with van der Waals surface area (Å²) in [5, 5.41) is 1.99. The number of nitrogens with one attached hydrogen (secondary N) is 1. The number of carbonyl (C=O) groups excluding carboxylic acids is 1. The maximum atomic E-state index is 12.8. The Morgan fingerprint density at radius 1 is 1.50 bits per heavy atom. The summed E-state index contributed by atoms with van der Waals surface area (Å²) in [6, 6.07) is 2.43. The number of rotatable bonds is 5. The number of hydrogen-bond acceptors (Lipinski definition) is 3. The Morgan fingerprint density at radius 2 is 2.15 bits per heavy atom. The fourth-order valence-corrected chi connectivity index (χ4v) is 2.19. The van der Waals surface area contributed by atoms with E-state index in [4.69, 9.17) is 17.3 Å². The van der Waals surface area contributed by atoms with Crippen LogP contribution in [0, 0.1) is 0 Å². The van der Waals surface area contributed by atoms with Crippen LogP contribution in [0.3, 0.4) is 0 Å². The van der Waals surface area contributed by atoms with Crippen LogP contribution in [0.1, 0.15) is 12.0 Å². The third kappa shape index (κ3) is 4.57. The number of anilines is 1. The normalized spacial score (nSPS) is 13.1. The summed E-state index contributed by atoms with van der Waals surface area (Å²) in [4.78, 5) is 11.8. The third-order valence-corrected chi connectivity index (χ3v) is 3.50. The van der Waals surface area contributed by atoms with Gasteiger partial charge in [0.25, 0.3) is 0 Å². The summed E-state index contributed by atoms with van der Waals surface area (Å²) in [5.41, 5.74) is 4.17. The number of hydrogen-bond donors (Lipinski definition) is 2. The van der Waals surface area contributed by atoms with Crippen molar-refractivity contribution in [2.24, 2.45) is 5.73 Å². The molecule has 1 amide bonds. The van der Waals surface area contributed by atoms with E-state index in [1.54, 1.807) is 0 Å². The SMILES string of the molecule is CSCC[C@@H](N)C(=O)Nc1c(Cl)cccc1C(F)(F)F. The second-order valence-electron chi connectivity index (χ2n) is 4.04. The zero-order valence-electron chi connectivity index (χ0n) is 10.6. The Morgan fingerprint density at radius 3 is 2.70 bits per heavy atom. The molecule has 112 valence electrons. The van der Waals surface area contributed by atoms with E-state index < -0.39 is 29.4 Å². The number of benzene rings is 1. The zero-order valence-corrected chi connectivity index (χ0v) is 12.2. The second-order valence-corrected chi connectivity index (χ2v) is 5.43. The third-order valence-electron chi connectivity index (χ3n) is 2.54. The molecule has 0 aromatic heterocycles. The van der Waals surface area contributed by atoms with Crippen molar-refractivity contribution in [2.75, 3.05) is 17.3 Å². The van der Waals surface area contributed by atoms with Crippen LogP contribution in [0.2, 0.25) is 5.02 Å². The predicted octanol–water partition coefficient (Wildman–Crippen LogP) is 3.38. The Hall–Kier alpha value is -0.920. The highest BCUT2D eigenvalue weighted by atomic mass is 35.5. The molecule has 20 heavy (non-hydrogen) atoms. The Kier molecular flexibility index (Phi) is 6.16. The topological polar surface area (TPSA) is 55.1 Å². The van der Waals surface area contributed by atoms with Crippen LogP contribution >= 0.6 is 23.4 Å². The molecular weight excluding hydrogens is 313 g/mol. The van der Waals surface area contributed by atoms with E-state index >= 15 is 0 Å². The molecule has 0 fully saturated rings. The fourth-order valence-electron chi connectivity index (χ4n) is 1.48. The summed E-state index contributed by atoms with van der Waals surface area (Å²) in [6.45, 7) is 0. The van der Waals surface area contributed by atoms with E-state index in [0.717, 1.165) is 6.07 Å². The maximum Gasteiger partial charge on any atom is 0.418 e. The van der Waals surface area contributed by atoms with Gasteiger partial charge in [0.2, 0.25) is 5.91 Å². The molecule has 0 heterocycles. The lowest BCUT2D eigenvalue weighted by Crippen LogP contribution is -2.36. The van der Waals surface area contributed by atoms with Crippen LogP contribution in [0.5, 0.6) is 0 Å². The molecule has 0 aliphatic rings. The predicted molar refractivity (Wildman–Crippen MR) is 76.1 cm³/mol. The first kappa shape index (κ1) is 17.1. The Labute approximate surface area is 124 Å². The summed E-state index contributed by atoms with van der Waals surface area (Å²) < 4.78 is 38.5. The first-order valence-corrected chi connectivity index (χ1v) is 7.45. The lowest BCUT2D eigenvalue weighted by atomic mass is 10.1. The molecule has 1 aromatic rings. The van der Waals surface area contributed by atoms with Crippen molar-refractivity contribution in [3.8, 4) is 0 Å². The van der Waals surface area contributed by atoms with Crippen molar-refractivity contribution < 1.29 is 18.0 Å². The van der Waals surface area contributed by atoms with Gasteiger partial charge in [-0.05, 0) is 30.6 Å². The van der Waals surface area contributed by atoms with E-state index in [1.807, 2.05) is 6.26 Å². The summed E-state index contributed by atoms with van der Waals surface area (Å²) in [7, 11) is 0. The van der Waals surface area contributed by atoms with Gasteiger partial charge in [0, 0.05) is 0 Å². The zero-order chi connectivity index (χ0) is 15.3. The average molecular weight is 327 g/mol. The molecule has 0 unspecified atom stereocenters. The highest BCUT2D eigenvalue weighted by Gasteiger charge is 2.35. The smallest absolute Gasteiger partial charge is 0.323 e. The van der Waals surface area contributed by atoms with Crippen LogP contribution < -0.4 is 11.1 Å². The molecule has 0 radical (unpaired) electrons. The number of nitrogens with two attached hydrogens (primary N) is 1. The molecule has 1 rings (SSSR count). The average Bonchev–Trinajstić information content (AvgIpc) is 2.36. The van der Waals surface area contributed by atoms with Crippen molar-refractivity contribution in [1.82, 2.24) is 0 Å². The standard InChI is InChI=1S/C12H14ClF3N2OS/c1-20-6-5-9(17)11(19)18-10-7(12(14,15)16)3-2-4-8(10)13/h2-4,9H,5-6,17H2,1H3,(H,18,19)/t9-/m1/s1. The van der Waals surface area contributed by atoms with Gasteiger partial charge in [-0.15, -0.1) is 0 Å². The molecular formula is C12H14ClF3N2OS. The molecule has 3 N–H and O–H groups in total. The minimum absolute atomic E-state index is 0.176. The maximum absolute atomic E-state index is 12.8. The number of para-hydroxylation sites is 1. The van der Waals surface area contributed by atoms with Gasteiger partial charge in [0.05, 0.1) is 22.3 Å². The highest BCUT2D eigenvalue weighted by Crippen LogP contribution is 2.38. The van der Waals surface area contributed by atoms with Crippen molar-refractivity contribution >= 4 is 35.0 Å².